The summed E-state index contributed by atoms with van der Waals surface area (Å²) in [5.41, 5.74) is 7.73. The third-order valence-corrected chi connectivity index (χ3v) is 2.90. The molecule has 0 unspecified atom stereocenters. The van der Waals surface area contributed by atoms with Crippen LogP contribution in [0.5, 0.6) is 0 Å². The van der Waals surface area contributed by atoms with Gasteiger partial charge >= 0.3 is 0 Å². The van der Waals surface area contributed by atoms with E-state index in [2.05, 4.69) is 24.8 Å². The summed E-state index contributed by atoms with van der Waals surface area (Å²) in [5.74, 6) is 0.559. The molecule has 0 amide bonds. The highest BCUT2D eigenvalue weighted by atomic mass is 35.5. The van der Waals surface area contributed by atoms with Gasteiger partial charge in [-0.2, -0.15) is 5.26 Å². The third kappa shape index (κ3) is 4.95. The maximum atomic E-state index is 8.69. The van der Waals surface area contributed by atoms with Crippen LogP contribution in [-0.2, 0) is 6.54 Å². The Balaban J connectivity index is 2.75. The van der Waals surface area contributed by atoms with Gasteiger partial charge in [-0.15, -0.1) is 0 Å². The van der Waals surface area contributed by atoms with Crippen LogP contribution < -0.4 is 5.73 Å². The molecule has 4 heteroatoms. The zero-order valence-electron chi connectivity index (χ0n) is 11.0. The van der Waals surface area contributed by atoms with Crippen LogP contribution in [0.25, 0.3) is 0 Å². The van der Waals surface area contributed by atoms with Crippen molar-refractivity contribution in [2.24, 2.45) is 5.92 Å². The van der Waals surface area contributed by atoms with Gasteiger partial charge in [-0.05, 0) is 29.7 Å². The van der Waals surface area contributed by atoms with Crippen LogP contribution in [0.3, 0.4) is 0 Å². The summed E-state index contributed by atoms with van der Waals surface area (Å²) < 4.78 is 0. The molecular weight excluding hydrogens is 246 g/mol. The minimum atomic E-state index is 0.535. The van der Waals surface area contributed by atoms with Crippen molar-refractivity contribution in [1.82, 2.24) is 4.90 Å². The number of hydrogen-bond acceptors (Lipinski definition) is 3. The van der Waals surface area contributed by atoms with Gasteiger partial charge in [0.25, 0.3) is 0 Å². The largest absolute Gasteiger partial charge is 0.398 e. The molecule has 0 radical (unpaired) electrons. The molecule has 1 rings (SSSR count). The van der Waals surface area contributed by atoms with Crippen LogP contribution >= 0.6 is 11.6 Å². The van der Waals surface area contributed by atoms with Crippen molar-refractivity contribution in [1.29, 1.82) is 5.26 Å². The molecule has 0 heterocycles. The van der Waals surface area contributed by atoms with E-state index in [0.717, 1.165) is 30.9 Å². The number of nitrogen functional groups attached to an aromatic ring is 1. The summed E-state index contributed by atoms with van der Waals surface area (Å²) in [4.78, 5) is 2.25. The average Bonchev–Trinajstić information content (AvgIpc) is 2.30. The number of nitrogens with zero attached hydrogens (tertiary/aromatic N) is 2. The molecule has 0 spiro atoms. The lowest BCUT2D eigenvalue weighted by Crippen LogP contribution is -2.28. The van der Waals surface area contributed by atoms with Crippen molar-refractivity contribution in [3.8, 4) is 6.07 Å². The van der Waals surface area contributed by atoms with Gasteiger partial charge in [-0.1, -0.05) is 25.4 Å². The number of rotatable bonds is 6. The lowest BCUT2D eigenvalue weighted by Gasteiger charge is -2.24. The second-order valence-electron chi connectivity index (χ2n) is 4.88. The Bertz CT molecular complexity index is 424. The summed E-state index contributed by atoms with van der Waals surface area (Å²) in [5, 5.41) is 9.39. The van der Waals surface area contributed by atoms with Crippen molar-refractivity contribution < 1.29 is 0 Å². The Morgan fingerprint density at radius 1 is 1.44 bits per heavy atom. The number of anilines is 1. The van der Waals surface area contributed by atoms with E-state index in [-0.39, 0.29) is 0 Å². The van der Waals surface area contributed by atoms with Crippen LogP contribution in [0.4, 0.5) is 5.69 Å². The molecule has 98 valence electrons. The third-order valence-electron chi connectivity index (χ3n) is 2.66. The molecule has 1 aromatic rings. The van der Waals surface area contributed by atoms with E-state index in [1.54, 1.807) is 6.07 Å². The normalized spacial score (nSPS) is 10.9. The van der Waals surface area contributed by atoms with Gasteiger partial charge in [0.15, 0.2) is 0 Å². The van der Waals surface area contributed by atoms with Crippen LogP contribution in [0.1, 0.15) is 25.8 Å². The SMILES string of the molecule is CC(C)CN(CCC#N)Cc1cc(Cl)ccc1N. The first kappa shape index (κ1) is 14.8. The Kier molecular flexibility index (Phi) is 5.97. The van der Waals surface area contributed by atoms with E-state index >= 15 is 0 Å². The summed E-state index contributed by atoms with van der Waals surface area (Å²) in [6.45, 7) is 6.79. The van der Waals surface area contributed by atoms with Gasteiger partial charge in [0.05, 0.1) is 6.07 Å². The number of nitrogens with two attached hydrogens (primary N) is 1. The summed E-state index contributed by atoms with van der Waals surface area (Å²) >= 11 is 5.98. The summed E-state index contributed by atoms with van der Waals surface area (Å²) in [6.07, 6.45) is 0.535. The Morgan fingerprint density at radius 2 is 2.17 bits per heavy atom. The first-order chi connectivity index (χ1) is 8.52. The van der Waals surface area contributed by atoms with Crippen molar-refractivity contribution in [3.63, 3.8) is 0 Å². The average molecular weight is 266 g/mol. The monoisotopic (exact) mass is 265 g/mol. The zero-order valence-corrected chi connectivity index (χ0v) is 11.7. The first-order valence-electron chi connectivity index (χ1n) is 6.16. The van der Waals surface area contributed by atoms with Gasteiger partial charge in [0, 0.05) is 36.8 Å². The second kappa shape index (κ2) is 7.25. The molecule has 0 aliphatic heterocycles. The summed E-state index contributed by atoms with van der Waals surface area (Å²) in [7, 11) is 0. The maximum Gasteiger partial charge on any atom is 0.0635 e. The molecule has 0 saturated carbocycles. The molecular formula is C14H20ClN3. The van der Waals surface area contributed by atoms with Gasteiger partial charge in [0.2, 0.25) is 0 Å². The number of benzene rings is 1. The Labute approximate surface area is 114 Å². The molecule has 1 aromatic carbocycles. The minimum absolute atomic E-state index is 0.535. The highest BCUT2D eigenvalue weighted by Gasteiger charge is 2.10. The van der Waals surface area contributed by atoms with E-state index < -0.39 is 0 Å². The minimum Gasteiger partial charge on any atom is -0.398 e. The highest BCUT2D eigenvalue weighted by Crippen LogP contribution is 2.20. The van der Waals surface area contributed by atoms with Crippen molar-refractivity contribution >= 4 is 17.3 Å². The summed E-state index contributed by atoms with van der Waals surface area (Å²) in [6, 6.07) is 7.71. The molecule has 18 heavy (non-hydrogen) atoms. The quantitative estimate of drug-likeness (QED) is 0.803. The van der Waals surface area contributed by atoms with Gasteiger partial charge in [-0.25, -0.2) is 0 Å². The van der Waals surface area contributed by atoms with Crippen LogP contribution in [0, 0.1) is 17.2 Å². The maximum absolute atomic E-state index is 8.69. The van der Waals surface area contributed by atoms with Gasteiger partial charge in [-0.3, -0.25) is 4.90 Å². The topological polar surface area (TPSA) is 53.0 Å². The van der Waals surface area contributed by atoms with Crippen LogP contribution in [-0.4, -0.2) is 18.0 Å². The molecule has 2 N–H and O–H groups in total. The zero-order chi connectivity index (χ0) is 13.5. The number of nitriles is 1. The van der Waals surface area contributed by atoms with Crippen molar-refractivity contribution in [3.05, 3.63) is 28.8 Å². The molecule has 3 nitrogen and oxygen atoms in total. The van der Waals surface area contributed by atoms with Crippen molar-refractivity contribution in [2.75, 3.05) is 18.8 Å². The van der Waals surface area contributed by atoms with E-state index in [0.29, 0.717) is 17.4 Å². The predicted molar refractivity (Wildman–Crippen MR) is 76.2 cm³/mol. The molecule has 0 aliphatic rings. The lowest BCUT2D eigenvalue weighted by molar-refractivity contribution is 0.241. The first-order valence-corrected chi connectivity index (χ1v) is 6.54. The number of hydrogen-bond donors (Lipinski definition) is 1. The Morgan fingerprint density at radius 3 is 2.78 bits per heavy atom. The standard InChI is InChI=1S/C14H20ClN3/c1-11(2)9-18(7-3-6-16)10-12-8-13(15)4-5-14(12)17/h4-5,8,11H,3,7,9-10,17H2,1-2H3. The smallest absolute Gasteiger partial charge is 0.0635 e. The molecule has 0 aromatic heterocycles. The molecule has 0 aliphatic carbocycles. The fourth-order valence-electron chi connectivity index (χ4n) is 1.91. The number of halogens is 1. The van der Waals surface area contributed by atoms with E-state index in [4.69, 9.17) is 22.6 Å². The van der Waals surface area contributed by atoms with Gasteiger partial charge < -0.3 is 5.73 Å². The predicted octanol–water partition coefficient (Wildman–Crippen LogP) is 3.29. The van der Waals surface area contributed by atoms with Gasteiger partial charge in [0.1, 0.15) is 0 Å². The van der Waals surface area contributed by atoms with Crippen LogP contribution in [0.15, 0.2) is 18.2 Å². The molecule has 0 bridgehead atoms. The molecule has 0 fully saturated rings. The second-order valence-corrected chi connectivity index (χ2v) is 5.32. The van der Waals surface area contributed by atoms with E-state index in [9.17, 15) is 0 Å². The fourth-order valence-corrected chi connectivity index (χ4v) is 2.11. The molecule has 0 saturated heterocycles. The van der Waals surface area contributed by atoms with Crippen molar-refractivity contribution in [2.45, 2.75) is 26.8 Å². The Hall–Kier alpha value is -1.24. The van der Waals surface area contributed by atoms with E-state index in [1.807, 2.05) is 12.1 Å². The highest BCUT2D eigenvalue weighted by molar-refractivity contribution is 6.30. The fraction of sp³-hybridized carbons (Fsp3) is 0.500. The van der Waals surface area contributed by atoms with Crippen LogP contribution in [0.2, 0.25) is 5.02 Å². The lowest BCUT2D eigenvalue weighted by atomic mass is 10.1. The van der Waals surface area contributed by atoms with E-state index in [1.165, 1.54) is 0 Å². The molecule has 0 atom stereocenters.